The zero-order valence-corrected chi connectivity index (χ0v) is 17.3. The van der Waals surface area contributed by atoms with E-state index in [-0.39, 0.29) is 17.8 Å². The summed E-state index contributed by atoms with van der Waals surface area (Å²) in [5.41, 5.74) is 1.35. The first-order valence-electron chi connectivity index (χ1n) is 9.44. The van der Waals surface area contributed by atoms with E-state index < -0.39 is 0 Å². The maximum Gasteiger partial charge on any atom is 0.291 e. The molecule has 3 aromatic rings. The van der Waals surface area contributed by atoms with Crippen LogP contribution in [0.25, 0.3) is 0 Å². The number of pyridine rings is 1. The van der Waals surface area contributed by atoms with Crippen molar-refractivity contribution < 1.29 is 13.9 Å². The van der Waals surface area contributed by atoms with Gasteiger partial charge >= 0.3 is 0 Å². The fraction of sp³-hybridized carbons (Fsp3) is 0.421. The van der Waals surface area contributed by atoms with E-state index >= 15 is 0 Å². The van der Waals surface area contributed by atoms with Crippen molar-refractivity contribution in [3.8, 4) is 0 Å². The van der Waals surface area contributed by atoms with Crippen LogP contribution in [0.3, 0.4) is 0 Å². The smallest absolute Gasteiger partial charge is 0.291 e. The third-order valence-electron chi connectivity index (χ3n) is 4.56. The molecule has 0 saturated carbocycles. The highest BCUT2D eigenvalue weighted by Gasteiger charge is 2.30. The number of hydrogen-bond donors (Lipinski definition) is 1. The lowest BCUT2D eigenvalue weighted by atomic mass is 10.1. The van der Waals surface area contributed by atoms with Gasteiger partial charge in [-0.3, -0.25) is 4.79 Å². The Bertz CT molecular complexity index is 1020. The molecule has 1 aliphatic heterocycles. The minimum Gasteiger partial charge on any atom is -0.436 e. The molecule has 4 rings (SSSR count). The highest BCUT2D eigenvalue weighted by Crippen LogP contribution is 2.25. The largest absolute Gasteiger partial charge is 0.436 e. The molecule has 1 amide bonds. The predicted molar refractivity (Wildman–Crippen MR) is 107 cm³/mol. The van der Waals surface area contributed by atoms with E-state index in [0.717, 1.165) is 17.1 Å². The number of oxazole rings is 1. The molecule has 29 heavy (non-hydrogen) atoms. The molecule has 1 aliphatic rings. The SMILES string of the molecule is CCc1nnc(Nc2cccc([C@H]3CN(C(=O)c4oc(C)nc4C)CCO3)n2)s1. The average molecular weight is 414 g/mol. The number of carbonyl (C=O) groups is 1. The van der Waals surface area contributed by atoms with Crippen molar-refractivity contribution >= 4 is 28.2 Å². The third kappa shape index (κ3) is 4.28. The summed E-state index contributed by atoms with van der Waals surface area (Å²) in [6.07, 6.45) is 0.524. The summed E-state index contributed by atoms with van der Waals surface area (Å²) >= 11 is 1.50. The first-order valence-corrected chi connectivity index (χ1v) is 10.3. The Labute approximate surface area is 172 Å². The highest BCUT2D eigenvalue weighted by atomic mass is 32.1. The quantitative estimate of drug-likeness (QED) is 0.679. The summed E-state index contributed by atoms with van der Waals surface area (Å²) in [5.74, 6) is 1.26. The standard InChI is InChI=1S/C19H22N6O3S/c1-4-16-23-24-19(29-16)22-15-7-5-6-13(21-15)14-10-25(8-9-27-14)18(26)17-11(2)20-12(3)28-17/h5-7,14H,4,8-10H2,1-3H3,(H,21,22,24)/t14-/m1/s1. The monoisotopic (exact) mass is 414 g/mol. The van der Waals surface area contributed by atoms with Gasteiger partial charge in [-0.2, -0.15) is 0 Å². The van der Waals surface area contributed by atoms with Gasteiger partial charge in [0.1, 0.15) is 16.9 Å². The zero-order valence-electron chi connectivity index (χ0n) is 16.5. The van der Waals surface area contributed by atoms with Gasteiger partial charge in [-0.05, 0) is 25.5 Å². The Kier molecular flexibility index (Phi) is 5.54. The molecule has 0 bridgehead atoms. The molecule has 1 fully saturated rings. The van der Waals surface area contributed by atoms with Crippen LogP contribution in [0.5, 0.6) is 0 Å². The number of morpholine rings is 1. The molecule has 1 saturated heterocycles. The van der Waals surface area contributed by atoms with Crippen molar-refractivity contribution in [1.82, 2.24) is 25.1 Å². The fourth-order valence-electron chi connectivity index (χ4n) is 3.14. The number of anilines is 2. The number of nitrogens with one attached hydrogen (secondary N) is 1. The van der Waals surface area contributed by atoms with Crippen LogP contribution in [0.4, 0.5) is 10.9 Å². The summed E-state index contributed by atoms with van der Waals surface area (Å²) in [4.78, 5) is 23.4. The average Bonchev–Trinajstić information content (AvgIpc) is 3.33. The minimum atomic E-state index is -0.320. The normalized spacial score (nSPS) is 16.8. The van der Waals surface area contributed by atoms with Crippen LogP contribution in [0.2, 0.25) is 0 Å². The maximum atomic E-state index is 12.8. The van der Waals surface area contributed by atoms with E-state index in [9.17, 15) is 4.79 Å². The summed E-state index contributed by atoms with van der Waals surface area (Å²) in [6, 6.07) is 5.66. The summed E-state index contributed by atoms with van der Waals surface area (Å²) in [5, 5.41) is 13.1. The van der Waals surface area contributed by atoms with Gasteiger partial charge in [0, 0.05) is 13.5 Å². The van der Waals surface area contributed by atoms with Gasteiger partial charge in [0.2, 0.25) is 10.9 Å². The van der Waals surface area contributed by atoms with Crippen molar-refractivity contribution in [1.29, 1.82) is 0 Å². The predicted octanol–water partition coefficient (Wildman–Crippen LogP) is 3.06. The maximum absolute atomic E-state index is 12.8. The second kappa shape index (κ2) is 8.26. The van der Waals surface area contributed by atoms with Gasteiger partial charge in [0.15, 0.2) is 5.89 Å². The van der Waals surface area contributed by atoms with Crippen LogP contribution < -0.4 is 5.32 Å². The van der Waals surface area contributed by atoms with Crippen molar-refractivity contribution in [2.24, 2.45) is 0 Å². The van der Waals surface area contributed by atoms with Crippen LogP contribution in [0, 0.1) is 13.8 Å². The summed E-state index contributed by atoms with van der Waals surface area (Å²) in [7, 11) is 0. The van der Waals surface area contributed by atoms with Crippen molar-refractivity contribution in [2.45, 2.75) is 33.3 Å². The Morgan fingerprint density at radius 3 is 2.90 bits per heavy atom. The Hall–Kier alpha value is -2.85. The topological polar surface area (TPSA) is 106 Å². The van der Waals surface area contributed by atoms with E-state index in [0.29, 0.717) is 42.2 Å². The minimum absolute atomic E-state index is 0.174. The van der Waals surface area contributed by atoms with Crippen molar-refractivity contribution in [3.63, 3.8) is 0 Å². The van der Waals surface area contributed by atoms with Crippen LogP contribution in [-0.4, -0.2) is 50.7 Å². The van der Waals surface area contributed by atoms with Crippen LogP contribution >= 0.6 is 11.3 Å². The Morgan fingerprint density at radius 1 is 1.31 bits per heavy atom. The number of hydrogen-bond acceptors (Lipinski definition) is 9. The first kappa shape index (κ1) is 19.5. The fourth-order valence-corrected chi connectivity index (χ4v) is 3.83. The van der Waals surface area contributed by atoms with E-state index in [4.69, 9.17) is 9.15 Å². The van der Waals surface area contributed by atoms with Crippen LogP contribution in [0.15, 0.2) is 22.6 Å². The molecular weight excluding hydrogens is 392 g/mol. The molecule has 10 heteroatoms. The first-order chi connectivity index (χ1) is 14.0. The Balaban J connectivity index is 1.48. The zero-order chi connectivity index (χ0) is 20.4. The lowest BCUT2D eigenvalue weighted by molar-refractivity contribution is -0.0256. The molecule has 152 valence electrons. The molecule has 0 unspecified atom stereocenters. The number of amides is 1. The number of carbonyl (C=O) groups excluding carboxylic acids is 1. The van der Waals surface area contributed by atoms with Gasteiger partial charge in [0.25, 0.3) is 5.91 Å². The number of aromatic nitrogens is 4. The number of nitrogens with zero attached hydrogens (tertiary/aromatic N) is 5. The molecule has 4 heterocycles. The Morgan fingerprint density at radius 2 is 2.17 bits per heavy atom. The van der Waals surface area contributed by atoms with Gasteiger partial charge < -0.3 is 19.4 Å². The molecule has 0 aliphatic carbocycles. The summed E-state index contributed by atoms with van der Waals surface area (Å²) in [6.45, 7) is 6.87. The third-order valence-corrected chi connectivity index (χ3v) is 5.54. The van der Waals surface area contributed by atoms with Crippen molar-refractivity contribution in [3.05, 3.63) is 46.2 Å². The number of rotatable bonds is 5. The molecule has 9 nitrogen and oxygen atoms in total. The molecular formula is C19H22N6O3S. The van der Waals surface area contributed by atoms with Crippen LogP contribution in [0.1, 0.15) is 45.9 Å². The number of ether oxygens (including phenoxy) is 1. The highest BCUT2D eigenvalue weighted by molar-refractivity contribution is 7.15. The molecule has 0 radical (unpaired) electrons. The van der Waals surface area contributed by atoms with Gasteiger partial charge in [-0.1, -0.05) is 24.3 Å². The van der Waals surface area contributed by atoms with Gasteiger partial charge in [-0.15, -0.1) is 10.2 Å². The van der Waals surface area contributed by atoms with Gasteiger partial charge in [0.05, 0.1) is 24.5 Å². The summed E-state index contributed by atoms with van der Waals surface area (Å²) < 4.78 is 11.4. The lowest BCUT2D eigenvalue weighted by Gasteiger charge is -2.32. The second-order valence-electron chi connectivity index (χ2n) is 6.69. The lowest BCUT2D eigenvalue weighted by Crippen LogP contribution is -2.42. The van der Waals surface area contributed by atoms with E-state index in [1.54, 1.807) is 18.7 Å². The molecule has 0 spiro atoms. The van der Waals surface area contributed by atoms with E-state index in [1.165, 1.54) is 11.3 Å². The molecule has 3 aromatic heterocycles. The molecule has 1 N–H and O–H groups in total. The second-order valence-corrected chi connectivity index (χ2v) is 7.75. The van der Waals surface area contributed by atoms with E-state index in [2.05, 4.69) is 25.5 Å². The molecule has 1 atom stereocenters. The molecule has 0 aromatic carbocycles. The van der Waals surface area contributed by atoms with E-state index in [1.807, 2.05) is 25.1 Å². The van der Waals surface area contributed by atoms with Crippen LogP contribution in [-0.2, 0) is 11.2 Å². The number of aryl methyl sites for hydroxylation is 3. The van der Waals surface area contributed by atoms with Crippen molar-refractivity contribution in [2.75, 3.05) is 25.0 Å². The van der Waals surface area contributed by atoms with Gasteiger partial charge in [-0.25, -0.2) is 9.97 Å².